The van der Waals surface area contributed by atoms with Crippen molar-refractivity contribution in [1.82, 2.24) is 4.90 Å². The van der Waals surface area contributed by atoms with Crippen LogP contribution in [0.25, 0.3) is 10.8 Å². The smallest absolute Gasteiger partial charge is 0.0236 e. The Morgan fingerprint density at radius 2 is 1.84 bits per heavy atom. The lowest BCUT2D eigenvalue weighted by molar-refractivity contribution is 0.316. The summed E-state index contributed by atoms with van der Waals surface area (Å²) in [5.74, 6) is 0. The van der Waals surface area contributed by atoms with Gasteiger partial charge in [0.15, 0.2) is 0 Å². The molecule has 0 fully saturated rings. The maximum Gasteiger partial charge on any atom is 0.0236 e. The van der Waals surface area contributed by atoms with Gasteiger partial charge >= 0.3 is 0 Å². The van der Waals surface area contributed by atoms with Gasteiger partial charge in [0.1, 0.15) is 0 Å². The molecule has 2 N–H and O–H groups in total. The number of rotatable bonds is 6. The van der Waals surface area contributed by atoms with Crippen LogP contribution in [0.1, 0.15) is 25.3 Å². The SMILES string of the molecule is CC(N)CCCN(C)Cc1cccc2ccccc12. The Balaban J connectivity index is 2.00. The van der Waals surface area contributed by atoms with E-state index in [1.54, 1.807) is 0 Å². The summed E-state index contributed by atoms with van der Waals surface area (Å²) in [7, 11) is 2.18. The fourth-order valence-corrected chi connectivity index (χ4v) is 2.48. The molecule has 0 aliphatic heterocycles. The first-order valence-electron chi connectivity index (χ1n) is 7.07. The molecule has 0 aliphatic carbocycles. The number of nitrogens with two attached hydrogens (primary N) is 1. The average Bonchev–Trinajstić information content (AvgIpc) is 2.39. The minimum atomic E-state index is 0.311. The monoisotopic (exact) mass is 256 g/mol. The van der Waals surface area contributed by atoms with E-state index >= 15 is 0 Å². The van der Waals surface area contributed by atoms with Gasteiger partial charge in [0.25, 0.3) is 0 Å². The third kappa shape index (κ3) is 4.05. The maximum atomic E-state index is 5.79. The minimum Gasteiger partial charge on any atom is -0.328 e. The summed E-state index contributed by atoms with van der Waals surface area (Å²) < 4.78 is 0. The molecular formula is C17H24N2. The van der Waals surface area contributed by atoms with E-state index < -0.39 is 0 Å². The van der Waals surface area contributed by atoms with E-state index in [0.29, 0.717) is 6.04 Å². The molecule has 0 radical (unpaired) electrons. The quantitative estimate of drug-likeness (QED) is 0.858. The van der Waals surface area contributed by atoms with Gasteiger partial charge in [0, 0.05) is 12.6 Å². The molecule has 0 heterocycles. The zero-order chi connectivity index (χ0) is 13.7. The first kappa shape index (κ1) is 14.0. The van der Waals surface area contributed by atoms with Gasteiger partial charge in [-0.3, -0.25) is 0 Å². The Labute approximate surface area is 116 Å². The summed E-state index contributed by atoms with van der Waals surface area (Å²) in [6.07, 6.45) is 2.26. The molecule has 0 bridgehead atoms. The molecule has 0 saturated carbocycles. The van der Waals surface area contributed by atoms with Gasteiger partial charge in [-0.1, -0.05) is 42.5 Å². The van der Waals surface area contributed by atoms with Gasteiger partial charge in [0.2, 0.25) is 0 Å². The van der Waals surface area contributed by atoms with Crippen molar-refractivity contribution in [3.63, 3.8) is 0 Å². The molecule has 0 amide bonds. The number of nitrogens with zero attached hydrogens (tertiary/aromatic N) is 1. The van der Waals surface area contributed by atoms with E-state index in [9.17, 15) is 0 Å². The predicted octanol–water partition coefficient (Wildman–Crippen LogP) is 3.40. The van der Waals surface area contributed by atoms with Crippen LogP contribution in [0.15, 0.2) is 42.5 Å². The zero-order valence-corrected chi connectivity index (χ0v) is 12.0. The van der Waals surface area contributed by atoms with Crippen molar-refractivity contribution in [3.8, 4) is 0 Å². The molecule has 2 aromatic rings. The normalized spacial score (nSPS) is 13.1. The molecule has 1 atom stereocenters. The van der Waals surface area contributed by atoms with Crippen LogP contribution in [0.4, 0.5) is 0 Å². The molecule has 1 unspecified atom stereocenters. The number of hydrogen-bond acceptors (Lipinski definition) is 2. The van der Waals surface area contributed by atoms with E-state index in [1.807, 2.05) is 0 Å². The largest absolute Gasteiger partial charge is 0.328 e. The van der Waals surface area contributed by atoms with Crippen molar-refractivity contribution in [2.24, 2.45) is 5.73 Å². The number of hydrogen-bond donors (Lipinski definition) is 1. The van der Waals surface area contributed by atoms with Crippen LogP contribution < -0.4 is 5.73 Å². The molecule has 2 aromatic carbocycles. The standard InChI is InChI=1S/C17H24N2/c1-14(18)7-6-12-19(2)13-16-10-5-9-15-8-3-4-11-17(15)16/h3-5,8-11,14H,6-7,12-13,18H2,1-2H3. The lowest BCUT2D eigenvalue weighted by Crippen LogP contribution is -2.22. The van der Waals surface area contributed by atoms with Crippen molar-refractivity contribution < 1.29 is 0 Å². The van der Waals surface area contributed by atoms with Crippen molar-refractivity contribution in [2.45, 2.75) is 32.4 Å². The Morgan fingerprint density at radius 3 is 2.63 bits per heavy atom. The van der Waals surface area contributed by atoms with E-state index in [4.69, 9.17) is 5.73 Å². The second-order valence-corrected chi connectivity index (χ2v) is 5.50. The first-order valence-corrected chi connectivity index (χ1v) is 7.07. The van der Waals surface area contributed by atoms with Crippen LogP contribution in [0.3, 0.4) is 0 Å². The van der Waals surface area contributed by atoms with Crippen LogP contribution in [0.2, 0.25) is 0 Å². The van der Waals surface area contributed by atoms with Crippen LogP contribution >= 0.6 is 0 Å². The predicted molar refractivity (Wildman–Crippen MR) is 83.2 cm³/mol. The second-order valence-electron chi connectivity index (χ2n) is 5.50. The molecule has 2 rings (SSSR count). The van der Waals surface area contributed by atoms with E-state index in [1.165, 1.54) is 22.8 Å². The van der Waals surface area contributed by atoms with Crippen molar-refractivity contribution >= 4 is 10.8 Å². The van der Waals surface area contributed by atoms with Gasteiger partial charge in [0.05, 0.1) is 0 Å². The molecular weight excluding hydrogens is 232 g/mol. The number of fused-ring (bicyclic) bond motifs is 1. The summed E-state index contributed by atoms with van der Waals surface area (Å²) in [5.41, 5.74) is 7.19. The molecule has 0 saturated heterocycles. The van der Waals surface area contributed by atoms with Crippen LogP contribution in [0, 0.1) is 0 Å². The lowest BCUT2D eigenvalue weighted by Gasteiger charge is -2.18. The molecule has 0 aromatic heterocycles. The molecule has 0 aliphatic rings. The summed E-state index contributed by atoms with van der Waals surface area (Å²) in [4.78, 5) is 2.38. The highest BCUT2D eigenvalue weighted by atomic mass is 15.1. The third-order valence-corrected chi connectivity index (χ3v) is 3.52. The van der Waals surface area contributed by atoms with Crippen LogP contribution in [-0.2, 0) is 6.54 Å². The van der Waals surface area contributed by atoms with Gasteiger partial charge in [-0.15, -0.1) is 0 Å². The fraction of sp³-hybridized carbons (Fsp3) is 0.412. The van der Waals surface area contributed by atoms with Crippen molar-refractivity contribution in [2.75, 3.05) is 13.6 Å². The molecule has 19 heavy (non-hydrogen) atoms. The van der Waals surface area contributed by atoms with Gasteiger partial charge in [-0.25, -0.2) is 0 Å². The van der Waals surface area contributed by atoms with Gasteiger partial charge in [-0.2, -0.15) is 0 Å². The highest BCUT2D eigenvalue weighted by molar-refractivity contribution is 5.85. The first-order chi connectivity index (χ1) is 9.16. The lowest BCUT2D eigenvalue weighted by atomic mass is 10.0. The van der Waals surface area contributed by atoms with Crippen molar-refractivity contribution in [1.29, 1.82) is 0 Å². The Hall–Kier alpha value is -1.38. The zero-order valence-electron chi connectivity index (χ0n) is 12.0. The highest BCUT2D eigenvalue weighted by Gasteiger charge is 2.04. The molecule has 2 heteroatoms. The summed E-state index contributed by atoms with van der Waals surface area (Å²) >= 11 is 0. The van der Waals surface area contributed by atoms with E-state index in [0.717, 1.165) is 19.5 Å². The minimum absolute atomic E-state index is 0.311. The summed E-state index contributed by atoms with van der Waals surface area (Å²) in [6.45, 7) is 4.18. The molecule has 2 nitrogen and oxygen atoms in total. The van der Waals surface area contributed by atoms with E-state index in [2.05, 4.69) is 61.3 Å². The highest BCUT2D eigenvalue weighted by Crippen LogP contribution is 2.19. The third-order valence-electron chi connectivity index (χ3n) is 3.52. The molecule has 0 spiro atoms. The molecule has 102 valence electrons. The Morgan fingerprint density at radius 1 is 1.11 bits per heavy atom. The Bertz CT molecular complexity index is 514. The second kappa shape index (κ2) is 6.69. The fourth-order valence-electron chi connectivity index (χ4n) is 2.48. The van der Waals surface area contributed by atoms with E-state index in [-0.39, 0.29) is 0 Å². The average molecular weight is 256 g/mol. The topological polar surface area (TPSA) is 29.3 Å². The van der Waals surface area contributed by atoms with Gasteiger partial charge in [-0.05, 0) is 49.7 Å². The van der Waals surface area contributed by atoms with Crippen LogP contribution in [-0.4, -0.2) is 24.5 Å². The Kier molecular flexibility index (Phi) is 4.94. The number of benzene rings is 2. The summed E-state index contributed by atoms with van der Waals surface area (Å²) in [5, 5.41) is 2.69. The van der Waals surface area contributed by atoms with Crippen LogP contribution in [0.5, 0.6) is 0 Å². The maximum absolute atomic E-state index is 5.79. The van der Waals surface area contributed by atoms with Gasteiger partial charge < -0.3 is 10.6 Å². The van der Waals surface area contributed by atoms with Crippen molar-refractivity contribution in [3.05, 3.63) is 48.0 Å². The summed E-state index contributed by atoms with van der Waals surface area (Å²) in [6, 6.07) is 15.5.